The van der Waals surface area contributed by atoms with Gasteiger partial charge in [0.25, 0.3) is 0 Å². The van der Waals surface area contributed by atoms with E-state index >= 15 is 0 Å². The van der Waals surface area contributed by atoms with Gasteiger partial charge < -0.3 is 59.4 Å². The van der Waals surface area contributed by atoms with Crippen LogP contribution in [0.15, 0.2) is 23.8 Å². The lowest BCUT2D eigenvalue weighted by Crippen LogP contribution is -2.68. The SMILES string of the molecule is CC1O[C@@H](OC2C(O)[C@H](OS(=O)(=O)O)CO[C@H]2OC2CCC3(C)C4=CC(O)C56C(=O)O[C@@](C)(C/C=C/C(C)(C)O)[C@@]5(O)CC[C@@]6(C)C4CCC3C2(C)C)C(O)C(O)[C@@H]1O. The van der Waals surface area contributed by atoms with Crippen molar-refractivity contribution in [3.05, 3.63) is 23.8 Å². The molecule has 3 aliphatic heterocycles. The Labute approximate surface area is 345 Å². The molecule has 0 aromatic carbocycles. The van der Waals surface area contributed by atoms with Crippen LogP contribution in [0.4, 0.5) is 0 Å². The number of hydrogen-bond donors (Lipinski definition) is 8. The first-order valence-corrected chi connectivity index (χ1v) is 22.2. The van der Waals surface area contributed by atoms with Crippen molar-refractivity contribution in [2.45, 2.75) is 185 Å². The fraction of sp³-hybridized carbons (Fsp3) is 0.878. The average molecular weight is 861 g/mol. The highest BCUT2D eigenvalue weighted by Gasteiger charge is 2.85. The second-order valence-corrected chi connectivity index (χ2v) is 21.2. The number of aliphatic hydroxyl groups excluding tert-OH is 5. The van der Waals surface area contributed by atoms with Crippen molar-refractivity contribution in [2.75, 3.05) is 6.61 Å². The van der Waals surface area contributed by atoms with Crippen molar-refractivity contribution < 1.29 is 81.4 Å². The summed E-state index contributed by atoms with van der Waals surface area (Å²) in [6.07, 6.45) is -7.39. The predicted molar refractivity (Wildman–Crippen MR) is 205 cm³/mol. The lowest BCUT2D eigenvalue weighted by atomic mass is 9.40. The molecule has 1 spiro atoms. The zero-order valence-corrected chi connectivity index (χ0v) is 35.9. The number of esters is 1. The summed E-state index contributed by atoms with van der Waals surface area (Å²) in [5.41, 5.74) is -6.67. The van der Waals surface area contributed by atoms with Crippen LogP contribution >= 0.6 is 0 Å². The molecule has 8 N–H and O–H groups in total. The maximum atomic E-state index is 14.3. The van der Waals surface area contributed by atoms with Crippen LogP contribution < -0.4 is 0 Å². The van der Waals surface area contributed by atoms with E-state index in [1.165, 1.54) is 6.92 Å². The molecule has 18 heteroatoms. The van der Waals surface area contributed by atoms with Crippen molar-refractivity contribution >= 4 is 16.4 Å². The van der Waals surface area contributed by atoms with E-state index in [0.29, 0.717) is 32.1 Å². The summed E-state index contributed by atoms with van der Waals surface area (Å²) in [4.78, 5) is 14.3. The Morgan fingerprint density at radius 3 is 2.24 bits per heavy atom. The highest BCUT2D eigenvalue weighted by molar-refractivity contribution is 7.80. The second kappa shape index (κ2) is 14.7. The van der Waals surface area contributed by atoms with Gasteiger partial charge in [-0.25, -0.2) is 4.18 Å². The summed E-state index contributed by atoms with van der Waals surface area (Å²) in [6.45, 7) is 14.2. The van der Waals surface area contributed by atoms with Gasteiger partial charge in [0.15, 0.2) is 12.6 Å². The van der Waals surface area contributed by atoms with Gasteiger partial charge in [0.1, 0.15) is 53.2 Å². The zero-order chi connectivity index (χ0) is 43.7. The van der Waals surface area contributed by atoms with Gasteiger partial charge in [0.2, 0.25) is 0 Å². The number of allylic oxidation sites excluding steroid dienone is 1. The number of ether oxygens (including phenoxy) is 5. The number of cyclic esters (lactones) is 1. The Hall–Kier alpha value is -1.62. The van der Waals surface area contributed by atoms with Crippen molar-refractivity contribution in [2.24, 2.45) is 33.5 Å². The quantitative estimate of drug-likeness (QED) is 0.0700. The molecule has 0 aromatic heterocycles. The Kier molecular flexibility index (Phi) is 11.3. The predicted octanol–water partition coefficient (Wildman–Crippen LogP) is 1.19. The summed E-state index contributed by atoms with van der Waals surface area (Å²) >= 11 is 0. The van der Waals surface area contributed by atoms with Gasteiger partial charge >= 0.3 is 16.4 Å². The van der Waals surface area contributed by atoms with Crippen LogP contribution in [0.5, 0.6) is 0 Å². The van der Waals surface area contributed by atoms with Crippen LogP contribution in [-0.2, 0) is 43.1 Å². The first-order chi connectivity index (χ1) is 27.1. The van der Waals surface area contributed by atoms with Crippen LogP contribution in [0.2, 0.25) is 0 Å². The maximum absolute atomic E-state index is 14.3. The number of hydrogen-bond acceptors (Lipinski definition) is 16. The molecule has 3 saturated carbocycles. The second-order valence-electron chi connectivity index (χ2n) is 20.2. The van der Waals surface area contributed by atoms with Crippen molar-refractivity contribution in [1.82, 2.24) is 0 Å². The summed E-state index contributed by atoms with van der Waals surface area (Å²) in [5, 5.41) is 78.1. The van der Waals surface area contributed by atoms with Gasteiger partial charge in [-0.3, -0.25) is 9.35 Å². The highest BCUT2D eigenvalue weighted by atomic mass is 32.3. The molecule has 59 heavy (non-hydrogen) atoms. The molecule has 336 valence electrons. The molecule has 18 atom stereocenters. The molecule has 0 amide bonds. The monoisotopic (exact) mass is 860 g/mol. The third-order valence-electron chi connectivity index (χ3n) is 15.9. The largest absolute Gasteiger partial charge is 0.455 e. The Bertz CT molecular complexity index is 1810. The van der Waals surface area contributed by atoms with E-state index in [4.69, 9.17) is 23.7 Å². The lowest BCUT2D eigenvalue weighted by Gasteiger charge is -2.64. The molecule has 0 bridgehead atoms. The van der Waals surface area contributed by atoms with Gasteiger partial charge in [-0.15, -0.1) is 0 Å². The summed E-state index contributed by atoms with van der Waals surface area (Å²) in [5.74, 6) is -0.823. The van der Waals surface area contributed by atoms with E-state index in [9.17, 15) is 53.5 Å². The molecular weight excluding hydrogens is 797 g/mol. The van der Waals surface area contributed by atoms with Crippen molar-refractivity contribution in [3.63, 3.8) is 0 Å². The molecule has 3 saturated heterocycles. The summed E-state index contributed by atoms with van der Waals surface area (Å²) in [6, 6.07) is 0. The molecule has 7 rings (SSSR count). The van der Waals surface area contributed by atoms with Gasteiger partial charge in [-0.1, -0.05) is 51.5 Å². The molecule has 7 aliphatic rings. The molecule has 4 aliphatic carbocycles. The topological polar surface area (TPSA) is 268 Å². The summed E-state index contributed by atoms with van der Waals surface area (Å²) < 4.78 is 67.6. The average Bonchev–Trinajstić information content (AvgIpc) is 3.48. The van der Waals surface area contributed by atoms with Crippen LogP contribution in [0.3, 0.4) is 0 Å². The minimum atomic E-state index is -5.05. The first kappa shape index (κ1) is 45.4. The number of carbonyl (C=O) groups is 1. The van der Waals surface area contributed by atoms with E-state index in [-0.39, 0.29) is 24.7 Å². The molecule has 6 fully saturated rings. The fourth-order valence-electron chi connectivity index (χ4n) is 12.8. The van der Waals surface area contributed by atoms with E-state index in [0.717, 1.165) is 5.57 Å². The van der Waals surface area contributed by atoms with E-state index in [1.807, 2.05) is 6.92 Å². The maximum Gasteiger partial charge on any atom is 0.397 e. The number of fused-ring (bicyclic) bond motifs is 4. The summed E-state index contributed by atoms with van der Waals surface area (Å²) in [7, 11) is -5.05. The molecule has 0 aromatic rings. The third-order valence-corrected chi connectivity index (χ3v) is 16.4. The number of rotatable bonds is 9. The van der Waals surface area contributed by atoms with Crippen LogP contribution in [0.25, 0.3) is 0 Å². The molecule has 3 heterocycles. The van der Waals surface area contributed by atoms with Gasteiger partial charge in [-0.2, -0.15) is 8.42 Å². The van der Waals surface area contributed by atoms with Crippen molar-refractivity contribution in [1.29, 1.82) is 0 Å². The van der Waals surface area contributed by atoms with Crippen LogP contribution in [0.1, 0.15) is 100 Å². The van der Waals surface area contributed by atoms with E-state index in [1.54, 1.807) is 39.0 Å². The van der Waals surface area contributed by atoms with Crippen LogP contribution in [-0.4, -0.2) is 146 Å². The minimum Gasteiger partial charge on any atom is -0.455 e. The molecule has 11 unspecified atom stereocenters. The minimum absolute atomic E-state index is 0.0429. The zero-order valence-electron chi connectivity index (χ0n) is 35.1. The smallest absolute Gasteiger partial charge is 0.397 e. The Morgan fingerprint density at radius 2 is 1.59 bits per heavy atom. The van der Waals surface area contributed by atoms with Crippen LogP contribution in [0, 0.1) is 33.5 Å². The normalized spacial score (nSPS) is 51.0. The first-order valence-electron chi connectivity index (χ1n) is 20.8. The third kappa shape index (κ3) is 6.82. The lowest BCUT2D eigenvalue weighted by molar-refractivity contribution is -0.362. The standard InChI is InChI=1S/C41H64O17S/c1-20-27(43)29(45)30(46)32(54-20)56-31-28(44)23(58-59(50,51)52)19-53-33(31)55-26-12-15-37(6)22-18-25(42)41-34(47)57-39(8,14-9-13-35(2,3)48)40(41,49)17-16-38(41,7)21(22)10-11-24(37)36(26,4)5/h9,13,18,20-21,23-33,42-46,48-49H,10-12,14-17,19H2,1-8H3,(H,50,51,52)/b13-9+/t20?,21?,23-,24?,25?,26?,27-,28?,29?,30?,31?,32+,33+,37?,38+,39+,40+,41?/m1/s1. The fourth-order valence-corrected chi connectivity index (χ4v) is 13.3. The Morgan fingerprint density at radius 1 is 0.915 bits per heavy atom. The van der Waals surface area contributed by atoms with Gasteiger partial charge in [0.05, 0.1) is 30.5 Å². The highest BCUT2D eigenvalue weighted by Crippen LogP contribution is 2.77. The van der Waals surface area contributed by atoms with E-state index < -0.39 is 129 Å². The molecular formula is C41H64O17S. The molecule has 17 nitrogen and oxygen atoms in total. The van der Waals surface area contributed by atoms with Crippen molar-refractivity contribution in [3.8, 4) is 0 Å². The van der Waals surface area contributed by atoms with Gasteiger partial charge in [-0.05, 0) is 94.3 Å². The number of carbonyl (C=O) groups excluding carboxylic acids is 1. The number of aliphatic hydroxyl groups is 7. The van der Waals surface area contributed by atoms with Gasteiger partial charge in [0, 0.05) is 6.42 Å². The van der Waals surface area contributed by atoms with E-state index in [2.05, 4.69) is 25.0 Å². The Balaban J connectivity index is 1.16. The molecule has 0 radical (unpaired) electrons.